The van der Waals surface area contributed by atoms with E-state index in [1.165, 1.54) is 4.90 Å². The standard InChI is InChI=1S/C15H27NO4/c1-12(2,3)20-11(18)16-8-15(19,9-16)14(10-17)6-13(4,5)7-14/h17,19H,6-10H2,1-5H3. The highest BCUT2D eigenvalue weighted by atomic mass is 16.6. The highest BCUT2D eigenvalue weighted by Gasteiger charge is 2.65. The smallest absolute Gasteiger partial charge is 0.410 e. The zero-order chi connectivity index (χ0) is 15.4. The average Bonchev–Trinajstić information content (AvgIpc) is 2.17. The molecule has 20 heavy (non-hydrogen) atoms. The summed E-state index contributed by atoms with van der Waals surface area (Å²) in [5, 5.41) is 20.4. The van der Waals surface area contributed by atoms with E-state index in [-0.39, 0.29) is 25.1 Å². The Morgan fingerprint density at radius 3 is 2.10 bits per heavy atom. The molecule has 0 radical (unpaired) electrons. The Labute approximate surface area is 120 Å². The van der Waals surface area contributed by atoms with Crippen LogP contribution in [0.3, 0.4) is 0 Å². The van der Waals surface area contributed by atoms with Crippen LogP contribution in [0.5, 0.6) is 0 Å². The highest BCUT2D eigenvalue weighted by molar-refractivity contribution is 5.69. The Bertz CT molecular complexity index is 397. The Hall–Kier alpha value is -0.810. The van der Waals surface area contributed by atoms with Crippen LogP contribution in [0.15, 0.2) is 0 Å². The van der Waals surface area contributed by atoms with Crippen LogP contribution in [-0.4, -0.2) is 52.1 Å². The van der Waals surface area contributed by atoms with Gasteiger partial charge in [-0.1, -0.05) is 13.8 Å². The van der Waals surface area contributed by atoms with E-state index < -0.39 is 22.7 Å². The van der Waals surface area contributed by atoms with Crippen molar-refractivity contribution < 1.29 is 19.7 Å². The van der Waals surface area contributed by atoms with Gasteiger partial charge < -0.3 is 19.8 Å². The van der Waals surface area contributed by atoms with E-state index in [0.29, 0.717) is 0 Å². The van der Waals surface area contributed by atoms with Gasteiger partial charge in [-0.15, -0.1) is 0 Å². The van der Waals surface area contributed by atoms with Crippen molar-refractivity contribution in [1.82, 2.24) is 4.90 Å². The molecule has 116 valence electrons. The lowest BCUT2D eigenvalue weighted by Crippen LogP contribution is -2.75. The maximum Gasteiger partial charge on any atom is 0.410 e. The van der Waals surface area contributed by atoms with Gasteiger partial charge in [-0.05, 0) is 39.0 Å². The van der Waals surface area contributed by atoms with Crippen LogP contribution in [0.1, 0.15) is 47.5 Å². The van der Waals surface area contributed by atoms with Gasteiger partial charge in [0.2, 0.25) is 0 Å². The summed E-state index contributed by atoms with van der Waals surface area (Å²) in [6, 6.07) is 0. The molecule has 2 rings (SSSR count). The molecule has 1 aliphatic heterocycles. The van der Waals surface area contributed by atoms with Gasteiger partial charge in [-0.25, -0.2) is 4.79 Å². The van der Waals surface area contributed by atoms with E-state index >= 15 is 0 Å². The van der Waals surface area contributed by atoms with E-state index in [1.807, 2.05) is 20.8 Å². The summed E-state index contributed by atoms with van der Waals surface area (Å²) < 4.78 is 5.29. The molecule has 5 nitrogen and oxygen atoms in total. The maximum absolute atomic E-state index is 11.9. The third kappa shape index (κ3) is 2.53. The van der Waals surface area contributed by atoms with Crippen molar-refractivity contribution in [1.29, 1.82) is 0 Å². The zero-order valence-electron chi connectivity index (χ0n) is 13.2. The first kappa shape index (κ1) is 15.6. The lowest BCUT2D eigenvalue weighted by Gasteiger charge is -2.64. The summed E-state index contributed by atoms with van der Waals surface area (Å²) in [7, 11) is 0. The minimum Gasteiger partial charge on any atom is -0.444 e. The molecule has 2 fully saturated rings. The molecule has 0 atom stereocenters. The number of β-amino-alcohol motifs (C(OH)–C–C–N with tert-alkyl or cyclic N) is 1. The van der Waals surface area contributed by atoms with Gasteiger partial charge in [-0.3, -0.25) is 0 Å². The number of carbonyl (C=O) groups is 1. The molecule has 0 aromatic heterocycles. The second-order valence-electron chi connectivity index (χ2n) is 8.32. The molecule has 1 saturated heterocycles. The van der Waals surface area contributed by atoms with Crippen LogP contribution in [0.2, 0.25) is 0 Å². The van der Waals surface area contributed by atoms with Gasteiger partial charge in [-0.2, -0.15) is 0 Å². The first-order valence-electron chi connectivity index (χ1n) is 7.23. The first-order chi connectivity index (χ1) is 8.92. The Morgan fingerprint density at radius 1 is 1.25 bits per heavy atom. The average molecular weight is 285 g/mol. The second kappa shape index (κ2) is 4.34. The van der Waals surface area contributed by atoms with Crippen LogP contribution in [0, 0.1) is 10.8 Å². The second-order valence-corrected chi connectivity index (χ2v) is 8.32. The summed E-state index contributed by atoms with van der Waals surface area (Å²) in [6.07, 6.45) is 1.18. The molecule has 1 heterocycles. The molecule has 1 aliphatic carbocycles. The van der Waals surface area contributed by atoms with E-state index in [1.54, 1.807) is 0 Å². The van der Waals surface area contributed by atoms with E-state index in [4.69, 9.17) is 4.74 Å². The molecule has 2 N–H and O–H groups in total. The molecule has 0 spiro atoms. The predicted molar refractivity (Wildman–Crippen MR) is 75.3 cm³/mol. The molecule has 0 aromatic rings. The third-order valence-electron chi connectivity index (χ3n) is 4.48. The number of aliphatic hydroxyl groups is 2. The summed E-state index contributed by atoms with van der Waals surface area (Å²) in [4.78, 5) is 13.4. The molecule has 2 aliphatic rings. The quantitative estimate of drug-likeness (QED) is 0.811. The van der Waals surface area contributed by atoms with Crippen LogP contribution < -0.4 is 0 Å². The third-order valence-corrected chi connectivity index (χ3v) is 4.48. The van der Waals surface area contributed by atoms with Crippen LogP contribution >= 0.6 is 0 Å². The molecular formula is C15H27NO4. The van der Waals surface area contributed by atoms with Gasteiger partial charge >= 0.3 is 6.09 Å². The number of ether oxygens (including phenoxy) is 1. The van der Waals surface area contributed by atoms with Crippen molar-refractivity contribution in [2.75, 3.05) is 19.7 Å². The molecule has 1 amide bonds. The largest absolute Gasteiger partial charge is 0.444 e. The van der Waals surface area contributed by atoms with Crippen LogP contribution in [0.4, 0.5) is 4.79 Å². The lowest BCUT2D eigenvalue weighted by atomic mass is 9.47. The normalized spacial score (nSPS) is 26.4. The predicted octanol–water partition coefficient (Wildman–Crippen LogP) is 1.77. The number of carbonyl (C=O) groups excluding carboxylic acids is 1. The minimum atomic E-state index is -0.978. The fourth-order valence-electron chi connectivity index (χ4n) is 3.74. The van der Waals surface area contributed by atoms with Crippen molar-refractivity contribution in [3.05, 3.63) is 0 Å². The van der Waals surface area contributed by atoms with Crippen LogP contribution in [0.25, 0.3) is 0 Å². The van der Waals surface area contributed by atoms with Crippen molar-refractivity contribution in [3.8, 4) is 0 Å². The summed E-state index contributed by atoms with van der Waals surface area (Å²) >= 11 is 0. The van der Waals surface area contributed by atoms with Crippen LogP contribution in [-0.2, 0) is 4.74 Å². The fourth-order valence-corrected chi connectivity index (χ4v) is 3.74. The Balaban J connectivity index is 1.96. The number of likely N-dealkylation sites (tertiary alicyclic amines) is 1. The Morgan fingerprint density at radius 2 is 1.75 bits per heavy atom. The van der Waals surface area contributed by atoms with E-state index in [9.17, 15) is 15.0 Å². The summed E-state index contributed by atoms with van der Waals surface area (Å²) in [5.74, 6) is 0. The molecule has 1 saturated carbocycles. The number of aliphatic hydroxyl groups excluding tert-OH is 1. The summed E-state index contributed by atoms with van der Waals surface area (Å²) in [5.41, 5.74) is -1.81. The van der Waals surface area contributed by atoms with Crippen molar-refractivity contribution in [2.24, 2.45) is 10.8 Å². The monoisotopic (exact) mass is 285 g/mol. The van der Waals surface area contributed by atoms with Gasteiger partial charge in [0.25, 0.3) is 0 Å². The SMILES string of the molecule is CC1(C)CC(CO)(C2(O)CN(C(=O)OC(C)(C)C)C2)C1. The minimum absolute atomic E-state index is 0.0327. The van der Waals surface area contributed by atoms with Crippen molar-refractivity contribution >= 4 is 6.09 Å². The molecular weight excluding hydrogens is 258 g/mol. The number of rotatable bonds is 2. The zero-order valence-corrected chi connectivity index (χ0v) is 13.2. The van der Waals surface area contributed by atoms with Crippen molar-refractivity contribution in [2.45, 2.75) is 58.7 Å². The van der Waals surface area contributed by atoms with Gasteiger partial charge in [0.1, 0.15) is 11.2 Å². The lowest BCUT2D eigenvalue weighted by molar-refractivity contribution is -0.243. The molecule has 0 aromatic carbocycles. The summed E-state index contributed by atoms with van der Waals surface area (Å²) in [6.45, 7) is 10.2. The van der Waals surface area contributed by atoms with E-state index in [2.05, 4.69) is 13.8 Å². The maximum atomic E-state index is 11.9. The van der Waals surface area contributed by atoms with Gasteiger partial charge in [0.15, 0.2) is 0 Å². The molecule has 0 unspecified atom stereocenters. The number of nitrogens with zero attached hydrogens (tertiary/aromatic N) is 1. The fraction of sp³-hybridized carbons (Fsp3) is 0.933. The highest BCUT2D eigenvalue weighted by Crippen LogP contribution is 2.61. The number of hydrogen-bond acceptors (Lipinski definition) is 4. The first-order valence-corrected chi connectivity index (χ1v) is 7.23. The number of hydrogen-bond donors (Lipinski definition) is 2. The van der Waals surface area contributed by atoms with E-state index in [0.717, 1.165) is 12.8 Å². The van der Waals surface area contributed by atoms with Gasteiger partial charge in [0.05, 0.1) is 19.7 Å². The molecule has 0 bridgehead atoms. The van der Waals surface area contributed by atoms with Crippen molar-refractivity contribution in [3.63, 3.8) is 0 Å². The van der Waals surface area contributed by atoms with Gasteiger partial charge in [0, 0.05) is 5.41 Å². The Kier molecular flexibility index (Phi) is 3.38. The topological polar surface area (TPSA) is 70.0 Å². The number of amides is 1. The molecule has 5 heteroatoms.